The molecule has 0 aliphatic carbocycles. The highest BCUT2D eigenvalue weighted by molar-refractivity contribution is 7.22. The second-order valence-corrected chi connectivity index (χ2v) is 9.01. The number of para-hydroxylation sites is 1. The van der Waals surface area contributed by atoms with E-state index < -0.39 is 12.1 Å². The Balaban J connectivity index is 0.000000360. The lowest BCUT2D eigenvalue weighted by molar-refractivity contribution is -0.192. The summed E-state index contributed by atoms with van der Waals surface area (Å²) in [4.78, 5) is 40.0. The standard InChI is InChI=1S/C18H17N3O2S2.C2HF3O2/c1-10(22)19-17-16(18-20-13-5-3-4-6-14(13)24-18)12-7-8-21(11(2)23)9-15(12)25-17;3-2(4,5)1(6)7/h3-6H,7-9H2,1-2H3,(H,19,22);(H,6,7). The third-order valence-electron chi connectivity index (χ3n) is 4.54. The van der Waals surface area contributed by atoms with Gasteiger partial charge in [0.05, 0.1) is 16.8 Å². The molecule has 2 N–H and O–H groups in total. The molecular weight excluding hydrogens is 467 g/mol. The van der Waals surface area contributed by atoms with Gasteiger partial charge in [-0.2, -0.15) is 13.2 Å². The van der Waals surface area contributed by atoms with Gasteiger partial charge in [-0.3, -0.25) is 9.59 Å². The van der Waals surface area contributed by atoms with Gasteiger partial charge in [-0.05, 0) is 24.1 Å². The number of aliphatic carboxylic acids is 1. The molecule has 2 aromatic heterocycles. The van der Waals surface area contributed by atoms with E-state index in [1.807, 2.05) is 23.1 Å². The number of carbonyl (C=O) groups excluding carboxylic acids is 2. The molecule has 170 valence electrons. The summed E-state index contributed by atoms with van der Waals surface area (Å²) in [5.41, 5.74) is 3.21. The van der Waals surface area contributed by atoms with Crippen LogP contribution in [0.4, 0.5) is 18.2 Å². The number of hydrogen-bond donors (Lipinski definition) is 2. The van der Waals surface area contributed by atoms with E-state index >= 15 is 0 Å². The number of fused-ring (bicyclic) bond motifs is 2. The number of nitrogens with zero attached hydrogens (tertiary/aromatic N) is 2. The van der Waals surface area contributed by atoms with Gasteiger partial charge in [0.1, 0.15) is 10.0 Å². The first-order valence-corrected chi connectivity index (χ1v) is 10.9. The summed E-state index contributed by atoms with van der Waals surface area (Å²) in [5, 5.41) is 11.8. The van der Waals surface area contributed by atoms with Gasteiger partial charge in [0.15, 0.2) is 0 Å². The Morgan fingerprint density at radius 2 is 1.81 bits per heavy atom. The number of rotatable bonds is 2. The Morgan fingerprint density at radius 1 is 1.16 bits per heavy atom. The average Bonchev–Trinajstić information content (AvgIpc) is 3.26. The lowest BCUT2D eigenvalue weighted by atomic mass is 10.0. The van der Waals surface area contributed by atoms with Crippen LogP contribution in [0.25, 0.3) is 20.8 Å². The van der Waals surface area contributed by atoms with Crippen LogP contribution in [0.5, 0.6) is 0 Å². The number of aromatic nitrogens is 1. The van der Waals surface area contributed by atoms with Crippen LogP contribution in [-0.2, 0) is 27.3 Å². The molecule has 7 nitrogen and oxygen atoms in total. The molecular formula is C20H18F3N3O4S2. The van der Waals surface area contributed by atoms with Crippen LogP contribution < -0.4 is 5.32 Å². The minimum absolute atomic E-state index is 0.0849. The number of benzene rings is 1. The van der Waals surface area contributed by atoms with E-state index in [4.69, 9.17) is 14.9 Å². The third kappa shape index (κ3) is 5.25. The summed E-state index contributed by atoms with van der Waals surface area (Å²) < 4.78 is 32.9. The summed E-state index contributed by atoms with van der Waals surface area (Å²) in [6.07, 6.45) is -4.30. The molecule has 2 amide bonds. The first kappa shape index (κ1) is 23.7. The van der Waals surface area contributed by atoms with Crippen molar-refractivity contribution in [3.8, 4) is 10.6 Å². The molecule has 1 aliphatic rings. The van der Waals surface area contributed by atoms with Crippen molar-refractivity contribution in [2.75, 3.05) is 11.9 Å². The fourth-order valence-corrected chi connectivity index (χ4v) is 5.55. The highest BCUT2D eigenvalue weighted by Gasteiger charge is 2.38. The van der Waals surface area contributed by atoms with Gasteiger partial charge in [0.2, 0.25) is 11.8 Å². The number of carboxylic acids is 1. The van der Waals surface area contributed by atoms with Gasteiger partial charge in [0.25, 0.3) is 0 Å². The van der Waals surface area contributed by atoms with E-state index in [0.717, 1.165) is 37.1 Å². The zero-order chi connectivity index (χ0) is 23.6. The highest BCUT2D eigenvalue weighted by atomic mass is 32.1. The topological polar surface area (TPSA) is 99.6 Å². The largest absolute Gasteiger partial charge is 0.490 e. The van der Waals surface area contributed by atoms with Crippen molar-refractivity contribution < 1.29 is 32.7 Å². The maximum Gasteiger partial charge on any atom is 0.490 e. The normalized spacial score (nSPS) is 13.2. The number of alkyl halides is 3. The number of carbonyl (C=O) groups is 3. The van der Waals surface area contributed by atoms with E-state index in [-0.39, 0.29) is 11.8 Å². The molecule has 4 rings (SSSR count). The Bertz CT molecular complexity index is 1150. The van der Waals surface area contributed by atoms with Gasteiger partial charge in [-0.1, -0.05) is 12.1 Å². The minimum Gasteiger partial charge on any atom is -0.475 e. The van der Waals surface area contributed by atoms with Crippen LogP contribution in [-0.4, -0.2) is 45.5 Å². The predicted octanol–water partition coefficient (Wildman–Crippen LogP) is 4.52. The molecule has 1 aromatic carbocycles. The first-order chi connectivity index (χ1) is 15.0. The third-order valence-corrected chi connectivity index (χ3v) is 6.73. The van der Waals surface area contributed by atoms with Crippen LogP contribution in [0.3, 0.4) is 0 Å². The molecule has 3 aromatic rings. The van der Waals surface area contributed by atoms with E-state index in [2.05, 4.69) is 11.4 Å². The van der Waals surface area contributed by atoms with E-state index in [0.29, 0.717) is 13.1 Å². The molecule has 0 atom stereocenters. The predicted molar refractivity (Wildman–Crippen MR) is 116 cm³/mol. The second-order valence-electron chi connectivity index (χ2n) is 6.87. The fourth-order valence-electron chi connectivity index (χ4n) is 3.13. The summed E-state index contributed by atoms with van der Waals surface area (Å²) in [6.45, 7) is 4.42. The number of amides is 2. The summed E-state index contributed by atoms with van der Waals surface area (Å²) in [5.74, 6) is -2.77. The van der Waals surface area contributed by atoms with E-state index in [9.17, 15) is 22.8 Å². The molecule has 0 spiro atoms. The molecule has 0 saturated carbocycles. The van der Waals surface area contributed by atoms with Crippen molar-refractivity contribution >= 4 is 55.7 Å². The van der Waals surface area contributed by atoms with Crippen molar-refractivity contribution in [2.24, 2.45) is 0 Å². The Hall–Kier alpha value is -2.99. The number of thiophene rings is 1. The summed E-state index contributed by atoms with van der Waals surface area (Å²) in [7, 11) is 0. The molecule has 1 aliphatic heterocycles. The monoisotopic (exact) mass is 485 g/mol. The zero-order valence-corrected chi connectivity index (χ0v) is 18.6. The molecule has 32 heavy (non-hydrogen) atoms. The van der Waals surface area contributed by atoms with Gasteiger partial charge in [-0.25, -0.2) is 9.78 Å². The Labute approximate surface area is 188 Å². The number of hydrogen-bond acceptors (Lipinski definition) is 6. The number of thiazole rings is 1. The number of carboxylic acid groups (broad SMARTS) is 1. The SMILES string of the molecule is CC(=O)Nc1sc2c(c1-c1nc3ccccc3s1)CCN(C(C)=O)C2.O=C(O)C(F)(F)F. The maximum absolute atomic E-state index is 11.7. The van der Waals surface area contributed by atoms with Crippen molar-refractivity contribution in [1.29, 1.82) is 0 Å². The second kappa shape index (κ2) is 9.25. The van der Waals surface area contributed by atoms with Gasteiger partial charge in [0, 0.05) is 30.8 Å². The van der Waals surface area contributed by atoms with Gasteiger partial charge < -0.3 is 15.3 Å². The molecule has 12 heteroatoms. The molecule has 3 heterocycles. The van der Waals surface area contributed by atoms with Gasteiger partial charge in [-0.15, -0.1) is 22.7 Å². The number of anilines is 1. The maximum atomic E-state index is 11.7. The van der Waals surface area contributed by atoms with Crippen LogP contribution >= 0.6 is 22.7 Å². The number of halogens is 3. The van der Waals surface area contributed by atoms with Crippen molar-refractivity contribution in [1.82, 2.24) is 9.88 Å². The van der Waals surface area contributed by atoms with Crippen molar-refractivity contribution in [3.63, 3.8) is 0 Å². The minimum atomic E-state index is -5.08. The molecule has 0 fully saturated rings. The number of nitrogens with one attached hydrogen (secondary N) is 1. The summed E-state index contributed by atoms with van der Waals surface area (Å²) >= 11 is 3.20. The molecule has 0 bridgehead atoms. The Kier molecular flexibility index (Phi) is 6.84. The average molecular weight is 486 g/mol. The quantitative estimate of drug-likeness (QED) is 0.556. The van der Waals surface area contributed by atoms with Crippen LogP contribution in [0, 0.1) is 0 Å². The van der Waals surface area contributed by atoms with Crippen LogP contribution in [0.15, 0.2) is 24.3 Å². The molecule has 0 saturated heterocycles. The van der Waals surface area contributed by atoms with Crippen LogP contribution in [0.1, 0.15) is 24.3 Å². The fraction of sp³-hybridized carbons (Fsp3) is 0.300. The lowest BCUT2D eigenvalue weighted by Crippen LogP contribution is -2.33. The van der Waals surface area contributed by atoms with E-state index in [1.54, 1.807) is 29.6 Å². The molecule has 0 unspecified atom stereocenters. The molecule has 0 radical (unpaired) electrons. The lowest BCUT2D eigenvalue weighted by Gasteiger charge is -2.25. The Morgan fingerprint density at radius 3 is 2.38 bits per heavy atom. The van der Waals surface area contributed by atoms with Crippen LogP contribution in [0.2, 0.25) is 0 Å². The first-order valence-electron chi connectivity index (χ1n) is 9.31. The van der Waals surface area contributed by atoms with Gasteiger partial charge >= 0.3 is 12.1 Å². The zero-order valence-electron chi connectivity index (χ0n) is 16.9. The van der Waals surface area contributed by atoms with E-state index in [1.165, 1.54) is 12.5 Å². The smallest absolute Gasteiger partial charge is 0.475 e. The van der Waals surface area contributed by atoms with Crippen molar-refractivity contribution in [2.45, 2.75) is 33.0 Å². The summed E-state index contributed by atoms with van der Waals surface area (Å²) in [6, 6.07) is 8.05. The highest BCUT2D eigenvalue weighted by Crippen LogP contribution is 2.45. The van der Waals surface area contributed by atoms with Crippen molar-refractivity contribution in [3.05, 3.63) is 34.7 Å².